The van der Waals surface area contributed by atoms with Crippen molar-refractivity contribution < 1.29 is 14.0 Å². The highest BCUT2D eigenvalue weighted by Crippen LogP contribution is 2.23. The van der Waals surface area contributed by atoms with Crippen LogP contribution in [0, 0.1) is 5.82 Å². The Morgan fingerprint density at radius 3 is 2.25 bits per heavy atom. The van der Waals surface area contributed by atoms with Gasteiger partial charge in [0.25, 0.3) is 0 Å². The van der Waals surface area contributed by atoms with E-state index < -0.39 is 6.04 Å². The standard InChI is InChI=1S/C19H21FN2O2/c1-3-21-19(24)18(16-7-5-4-6-8-16)22(14(2)23)13-15-9-11-17(20)12-10-15/h4-12,18H,3,13H2,1-2H3,(H,21,24). The van der Waals surface area contributed by atoms with Gasteiger partial charge in [-0.1, -0.05) is 42.5 Å². The lowest BCUT2D eigenvalue weighted by Gasteiger charge is -2.30. The molecule has 2 amide bonds. The van der Waals surface area contributed by atoms with Crippen LogP contribution in [0.3, 0.4) is 0 Å². The van der Waals surface area contributed by atoms with E-state index in [1.807, 2.05) is 37.3 Å². The first kappa shape index (κ1) is 17.7. The Kier molecular flexibility index (Phi) is 6.07. The molecule has 2 aromatic carbocycles. The van der Waals surface area contributed by atoms with Gasteiger partial charge in [0.1, 0.15) is 11.9 Å². The number of hydrogen-bond acceptors (Lipinski definition) is 2. The first-order valence-electron chi connectivity index (χ1n) is 7.87. The Bertz CT molecular complexity index is 686. The third-order valence-corrected chi connectivity index (χ3v) is 3.70. The molecule has 1 unspecified atom stereocenters. The number of likely N-dealkylation sites (N-methyl/N-ethyl adjacent to an activating group) is 1. The van der Waals surface area contributed by atoms with Gasteiger partial charge in [0.05, 0.1) is 0 Å². The monoisotopic (exact) mass is 328 g/mol. The van der Waals surface area contributed by atoms with Crippen molar-refractivity contribution in [1.29, 1.82) is 0 Å². The van der Waals surface area contributed by atoms with Crippen LogP contribution in [0.15, 0.2) is 54.6 Å². The summed E-state index contributed by atoms with van der Waals surface area (Å²) in [5, 5.41) is 2.78. The van der Waals surface area contributed by atoms with Crippen LogP contribution in [-0.4, -0.2) is 23.3 Å². The topological polar surface area (TPSA) is 49.4 Å². The van der Waals surface area contributed by atoms with Crippen LogP contribution in [0.4, 0.5) is 4.39 Å². The van der Waals surface area contributed by atoms with Crippen molar-refractivity contribution in [2.75, 3.05) is 6.54 Å². The molecule has 5 heteroatoms. The van der Waals surface area contributed by atoms with Gasteiger partial charge in [0.2, 0.25) is 11.8 Å². The van der Waals surface area contributed by atoms with Crippen LogP contribution in [-0.2, 0) is 16.1 Å². The molecule has 1 N–H and O–H groups in total. The fourth-order valence-corrected chi connectivity index (χ4v) is 2.55. The number of amides is 2. The van der Waals surface area contributed by atoms with Crippen molar-refractivity contribution in [2.45, 2.75) is 26.4 Å². The van der Waals surface area contributed by atoms with Crippen LogP contribution in [0.1, 0.15) is 31.0 Å². The summed E-state index contributed by atoms with van der Waals surface area (Å²) >= 11 is 0. The predicted molar refractivity (Wildman–Crippen MR) is 90.5 cm³/mol. The van der Waals surface area contributed by atoms with Crippen LogP contribution in [0.25, 0.3) is 0 Å². The number of carbonyl (C=O) groups is 2. The molecule has 0 heterocycles. The minimum Gasteiger partial charge on any atom is -0.354 e. The summed E-state index contributed by atoms with van der Waals surface area (Å²) in [7, 11) is 0. The Morgan fingerprint density at radius 2 is 1.71 bits per heavy atom. The molecule has 0 spiro atoms. The van der Waals surface area contributed by atoms with E-state index in [1.165, 1.54) is 24.0 Å². The summed E-state index contributed by atoms with van der Waals surface area (Å²) in [5.74, 6) is -0.795. The Hall–Kier alpha value is -2.69. The van der Waals surface area contributed by atoms with Crippen molar-refractivity contribution in [3.8, 4) is 0 Å². The maximum atomic E-state index is 13.1. The van der Waals surface area contributed by atoms with Gasteiger partial charge in [-0.15, -0.1) is 0 Å². The molecule has 0 aromatic heterocycles. The van der Waals surface area contributed by atoms with E-state index in [1.54, 1.807) is 12.1 Å². The first-order valence-corrected chi connectivity index (χ1v) is 7.87. The third kappa shape index (κ3) is 4.41. The van der Waals surface area contributed by atoms with Crippen molar-refractivity contribution >= 4 is 11.8 Å². The maximum Gasteiger partial charge on any atom is 0.247 e. The van der Waals surface area contributed by atoms with Crippen LogP contribution < -0.4 is 5.32 Å². The Labute approximate surface area is 141 Å². The molecule has 0 fully saturated rings. The van der Waals surface area contributed by atoms with E-state index in [4.69, 9.17) is 0 Å². The quantitative estimate of drug-likeness (QED) is 0.886. The second-order valence-electron chi connectivity index (χ2n) is 5.48. The van der Waals surface area contributed by atoms with Crippen molar-refractivity contribution in [3.05, 3.63) is 71.5 Å². The molecule has 0 saturated carbocycles. The van der Waals surface area contributed by atoms with E-state index >= 15 is 0 Å². The molecule has 2 aromatic rings. The lowest BCUT2D eigenvalue weighted by Crippen LogP contribution is -2.42. The molecule has 2 rings (SSSR count). The molecule has 4 nitrogen and oxygen atoms in total. The predicted octanol–water partition coefficient (Wildman–Crippen LogP) is 3.05. The molecule has 24 heavy (non-hydrogen) atoms. The highest BCUT2D eigenvalue weighted by atomic mass is 19.1. The zero-order valence-electron chi connectivity index (χ0n) is 13.8. The van der Waals surface area contributed by atoms with E-state index in [2.05, 4.69) is 5.32 Å². The van der Waals surface area contributed by atoms with Crippen molar-refractivity contribution in [3.63, 3.8) is 0 Å². The number of nitrogens with zero attached hydrogens (tertiary/aromatic N) is 1. The lowest BCUT2D eigenvalue weighted by molar-refractivity contribution is -0.140. The molecule has 0 aliphatic heterocycles. The van der Waals surface area contributed by atoms with Crippen LogP contribution in [0.2, 0.25) is 0 Å². The van der Waals surface area contributed by atoms with Crippen molar-refractivity contribution in [1.82, 2.24) is 10.2 Å². The Balaban J connectivity index is 2.36. The zero-order chi connectivity index (χ0) is 17.5. The summed E-state index contributed by atoms with van der Waals surface area (Å²) in [6.45, 7) is 3.97. The van der Waals surface area contributed by atoms with Gasteiger partial charge in [-0.2, -0.15) is 0 Å². The van der Waals surface area contributed by atoms with E-state index in [-0.39, 0.29) is 24.2 Å². The minimum absolute atomic E-state index is 0.223. The molecule has 0 aliphatic carbocycles. The smallest absolute Gasteiger partial charge is 0.247 e. The number of rotatable bonds is 6. The van der Waals surface area contributed by atoms with Crippen LogP contribution >= 0.6 is 0 Å². The van der Waals surface area contributed by atoms with Gasteiger partial charge in [0, 0.05) is 20.0 Å². The van der Waals surface area contributed by atoms with Crippen LogP contribution in [0.5, 0.6) is 0 Å². The number of carbonyl (C=O) groups excluding carboxylic acids is 2. The molecular formula is C19H21FN2O2. The third-order valence-electron chi connectivity index (χ3n) is 3.70. The molecule has 126 valence electrons. The number of benzene rings is 2. The van der Waals surface area contributed by atoms with Gasteiger partial charge in [0.15, 0.2) is 0 Å². The first-order chi connectivity index (χ1) is 11.5. The largest absolute Gasteiger partial charge is 0.354 e. The van der Waals surface area contributed by atoms with Gasteiger partial charge in [-0.05, 0) is 30.2 Å². The number of nitrogens with one attached hydrogen (secondary N) is 1. The SMILES string of the molecule is CCNC(=O)C(c1ccccc1)N(Cc1ccc(F)cc1)C(C)=O. The highest BCUT2D eigenvalue weighted by Gasteiger charge is 2.29. The molecule has 0 bridgehead atoms. The van der Waals surface area contributed by atoms with Crippen molar-refractivity contribution in [2.24, 2.45) is 0 Å². The number of halogens is 1. The summed E-state index contributed by atoms with van der Waals surface area (Å²) < 4.78 is 13.1. The lowest BCUT2D eigenvalue weighted by atomic mass is 10.0. The number of hydrogen-bond donors (Lipinski definition) is 1. The Morgan fingerprint density at radius 1 is 1.08 bits per heavy atom. The van der Waals surface area contributed by atoms with E-state index in [0.717, 1.165) is 11.1 Å². The van der Waals surface area contributed by atoms with E-state index in [9.17, 15) is 14.0 Å². The van der Waals surface area contributed by atoms with E-state index in [0.29, 0.717) is 6.54 Å². The molecule has 1 atom stereocenters. The van der Waals surface area contributed by atoms with Gasteiger partial charge in [-0.3, -0.25) is 9.59 Å². The average Bonchev–Trinajstić information content (AvgIpc) is 2.57. The molecule has 0 aliphatic rings. The molecular weight excluding hydrogens is 307 g/mol. The molecule has 0 saturated heterocycles. The summed E-state index contributed by atoms with van der Waals surface area (Å²) in [6, 6.07) is 14.4. The zero-order valence-corrected chi connectivity index (χ0v) is 13.8. The fourth-order valence-electron chi connectivity index (χ4n) is 2.55. The summed E-state index contributed by atoms with van der Waals surface area (Å²) in [5.41, 5.74) is 1.50. The molecule has 0 radical (unpaired) electrons. The van der Waals surface area contributed by atoms with Gasteiger partial charge in [-0.25, -0.2) is 4.39 Å². The van der Waals surface area contributed by atoms with Gasteiger partial charge >= 0.3 is 0 Å². The highest BCUT2D eigenvalue weighted by molar-refractivity contribution is 5.88. The second-order valence-corrected chi connectivity index (χ2v) is 5.48. The summed E-state index contributed by atoms with van der Waals surface area (Å²) in [4.78, 5) is 26.3. The second kappa shape index (κ2) is 8.24. The minimum atomic E-state index is -0.728. The normalized spacial score (nSPS) is 11.6. The maximum absolute atomic E-state index is 13.1. The average molecular weight is 328 g/mol. The fraction of sp³-hybridized carbons (Fsp3) is 0.263. The van der Waals surface area contributed by atoms with Gasteiger partial charge < -0.3 is 10.2 Å². The summed E-state index contributed by atoms with van der Waals surface area (Å²) in [6.07, 6.45) is 0.